The third-order valence-electron chi connectivity index (χ3n) is 0.154. The Morgan fingerprint density at radius 1 is 1.60 bits per heavy atom. The van der Waals surface area contributed by atoms with Crippen molar-refractivity contribution >= 4 is 9.71 Å². The van der Waals surface area contributed by atoms with Crippen LogP contribution in [0.15, 0.2) is 0 Å². The van der Waals surface area contributed by atoms with Crippen LogP contribution in [0.1, 0.15) is 0 Å². The third-order valence-corrected chi connectivity index (χ3v) is 0.463. The molecule has 0 saturated carbocycles. The van der Waals surface area contributed by atoms with E-state index in [0.717, 1.165) is 7.11 Å². The second kappa shape index (κ2) is 2.28. The fourth-order valence-corrected chi connectivity index (χ4v) is 0. The van der Waals surface area contributed by atoms with Crippen LogP contribution >= 0.6 is 0 Å². The van der Waals surface area contributed by atoms with E-state index in [1.807, 2.05) is 0 Å². The summed E-state index contributed by atoms with van der Waals surface area (Å²) in [6.45, 7) is 0. The number of hydrogen-bond donors (Lipinski definition) is 0. The maximum atomic E-state index is 10.6. The molecule has 0 spiro atoms. The summed E-state index contributed by atoms with van der Waals surface area (Å²) in [7, 11) is -2.38. The number of halogens is 2. The molecule has 0 unspecified atom stereocenters. The van der Waals surface area contributed by atoms with Crippen molar-refractivity contribution < 1.29 is 12.6 Å². The van der Waals surface area contributed by atoms with Gasteiger partial charge in [-0.1, -0.05) is 0 Å². The first-order valence-corrected chi connectivity index (χ1v) is 2.15. The molecule has 0 aromatic carbocycles. The standard InChI is InChI=1S/CH3F2OSi/c1-4-5(2)3/h1H3. The molecule has 1 nitrogen and oxygen atoms in total. The summed E-state index contributed by atoms with van der Waals surface area (Å²) in [5, 5.41) is 0. The molecule has 0 rings (SSSR count). The highest BCUT2D eigenvalue weighted by atomic mass is 28.4. The largest absolute Gasteiger partial charge is 0.662 e. The molecule has 0 aliphatic carbocycles. The van der Waals surface area contributed by atoms with Crippen LogP contribution < -0.4 is 0 Å². The van der Waals surface area contributed by atoms with Gasteiger partial charge in [-0.2, -0.15) is 0 Å². The van der Waals surface area contributed by atoms with Gasteiger partial charge in [0.2, 0.25) is 0 Å². The van der Waals surface area contributed by atoms with Crippen molar-refractivity contribution in [3.63, 3.8) is 0 Å². The molecule has 0 aliphatic heterocycles. The van der Waals surface area contributed by atoms with Crippen molar-refractivity contribution in [1.82, 2.24) is 0 Å². The number of rotatable bonds is 1. The molecule has 0 fully saturated rings. The van der Waals surface area contributed by atoms with Crippen LogP contribution in [0.5, 0.6) is 0 Å². The predicted molar refractivity (Wildman–Crippen MR) is 15.0 cm³/mol. The highest BCUT2D eigenvalue weighted by molar-refractivity contribution is 6.34. The van der Waals surface area contributed by atoms with E-state index in [9.17, 15) is 8.22 Å². The summed E-state index contributed by atoms with van der Waals surface area (Å²) in [6.07, 6.45) is 0. The van der Waals surface area contributed by atoms with Crippen LogP contribution in [0.3, 0.4) is 0 Å². The Kier molecular flexibility index (Phi) is 2.30. The summed E-state index contributed by atoms with van der Waals surface area (Å²) in [4.78, 5) is 0. The summed E-state index contributed by atoms with van der Waals surface area (Å²) in [5.41, 5.74) is 0. The number of hydrogen-bond acceptors (Lipinski definition) is 1. The van der Waals surface area contributed by atoms with Gasteiger partial charge < -0.3 is 4.43 Å². The maximum absolute atomic E-state index is 10.6. The minimum atomic E-state index is -3.37. The van der Waals surface area contributed by atoms with E-state index in [0.29, 0.717) is 0 Å². The Bertz CT molecular complexity index is 23.6. The fourth-order valence-electron chi connectivity index (χ4n) is 0. The molecule has 0 aromatic heterocycles. The normalized spacial score (nSPS) is 9.60. The lowest BCUT2D eigenvalue weighted by Gasteiger charge is -1.78. The van der Waals surface area contributed by atoms with Crippen molar-refractivity contribution in [2.24, 2.45) is 0 Å². The fraction of sp³-hybridized carbons (Fsp3) is 1.00. The second-order valence-electron chi connectivity index (χ2n) is 0.430. The Morgan fingerprint density at radius 2 is 1.80 bits per heavy atom. The highest BCUT2D eigenvalue weighted by Crippen LogP contribution is 1.80. The first-order valence-electron chi connectivity index (χ1n) is 0.990. The molecule has 0 atom stereocenters. The van der Waals surface area contributed by atoms with Gasteiger partial charge in [0.1, 0.15) is 0 Å². The van der Waals surface area contributed by atoms with Crippen LogP contribution in [-0.4, -0.2) is 16.8 Å². The predicted octanol–water partition coefficient (Wildman–Crippen LogP) is 0.557. The Hall–Kier alpha value is 0.0369. The van der Waals surface area contributed by atoms with Gasteiger partial charge in [-0.25, -0.2) is 8.22 Å². The molecule has 0 aliphatic rings. The molecule has 0 aromatic rings. The van der Waals surface area contributed by atoms with Crippen LogP contribution in [0.25, 0.3) is 0 Å². The minimum Gasteiger partial charge on any atom is -0.369 e. The minimum absolute atomic E-state index is 0.994. The van der Waals surface area contributed by atoms with E-state index >= 15 is 0 Å². The van der Waals surface area contributed by atoms with Gasteiger partial charge in [0.25, 0.3) is 0 Å². The topological polar surface area (TPSA) is 9.23 Å². The monoisotopic (exact) mass is 97.0 g/mol. The van der Waals surface area contributed by atoms with Gasteiger partial charge >= 0.3 is 9.71 Å². The van der Waals surface area contributed by atoms with Gasteiger partial charge in [-0.15, -0.1) is 0 Å². The molecule has 0 N–H and O–H groups in total. The first-order chi connectivity index (χ1) is 2.27. The average Bonchev–Trinajstić information content (AvgIpc) is 1.38. The molecule has 0 amide bonds. The molecular weight excluding hydrogens is 94.1 g/mol. The smallest absolute Gasteiger partial charge is 0.369 e. The summed E-state index contributed by atoms with van der Waals surface area (Å²) < 4.78 is 24.8. The van der Waals surface area contributed by atoms with Crippen LogP contribution in [-0.2, 0) is 4.43 Å². The quantitative estimate of drug-likeness (QED) is 0.343. The third kappa shape index (κ3) is 4.04. The van der Waals surface area contributed by atoms with Crippen molar-refractivity contribution in [2.45, 2.75) is 0 Å². The van der Waals surface area contributed by atoms with Gasteiger partial charge in [0.15, 0.2) is 0 Å². The van der Waals surface area contributed by atoms with Crippen molar-refractivity contribution in [3.05, 3.63) is 0 Å². The van der Waals surface area contributed by atoms with Crippen molar-refractivity contribution in [2.75, 3.05) is 7.11 Å². The van der Waals surface area contributed by atoms with E-state index in [-0.39, 0.29) is 0 Å². The van der Waals surface area contributed by atoms with Crippen LogP contribution in [0, 0.1) is 0 Å². The molecule has 4 heteroatoms. The van der Waals surface area contributed by atoms with Crippen LogP contribution in [0.2, 0.25) is 0 Å². The second-order valence-corrected chi connectivity index (χ2v) is 1.29. The van der Waals surface area contributed by atoms with Crippen molar-refractivity contribution in [1.29, 1.82) is 0 Å². The zero-order chi connectivity index (χ0) is 4.28. The Balaban J connectivity index is 2.54. The van der Waals surface area contributed by atoms with Gasteiger partial charge in [0.05, 0.1) is 0 Å². The van der Waals surface area contributed by atoms with Gasteiger partial charge in [-0.3, -0.25) is 0 Å². The van der Waals surface area contributed by atoms with Crippen LogP contribution in [0.4, 0.5) is 8.22 Å². The van der Waals surface area contributed by atoms with Gasteiger partial charge in [0, 0.05) is 7.11 Å². The van der Waals surface area contributed by atoms with Gasteiger partial charge in [-0.05, 0) is 0 Å². The first kappa shape index (κ1) is 5.04. The lowest BCUT2D eigenvalue weighted by molar-refractivity contribution is 0.326. The summed E-state index contributed by atoms with van der Waals surface area (Å²) in [6, 6.07) is 0. The van der Waals surface area contributed by atoms with E-state index in [1.54, 1.807) is 0 Å². The average molecular weight is 97.1 g/mol. The molecule has 0 saturated heterocycles. The zero-order valence-corrected chi connectivity index (χ0v) is 3.66. The Labute approximate surface area is 30.6 Å². The molecule has 0 heterocycles. The summed E-state index contributed by atoms with van der Waals surface area (Å²) >= 11 is 0. The van der Waals surface area contributed by atoms with Crippen molar-refractivity contribution in [3.8, 4) is 0 Å². The van der Waals surface area contributed by atoms with E-state index in [4.69, 9.17) is 0 Å². The summed E-state index contributed by atoms with van der Waals surface area (Å²) in [5.74, 6) is 0. The lowest BCUT2D eigenvalue weighted by Crippen LogP contribution is -1.97. The van der Waals surface area contributed by atoms with E-state index in [1.165, 1.54) is 0 Å². The SMILES string of the molecule is CO[Si](F)F. The lowest BCUT2D eigenvalue weighted by atomic mass is 11.8. The molecule has 5 heavy (non-hydrogen) atoms. The molecular formula is CH3F2OSi. The highest BCUT2D eigenvalue weighted by Gasteiger charge is 2.05. The molecule has 31 valence electrons. The molecule has 0 bridgehead atoms. The van der Waals surface area contributed by atoms with E-state index < -0.39 is 9.71 Å². The molecule has 1 radical (unpaired) electrons. The van der Waals surface area contributed by atoms with E-state index in [2.05, 4.69) is 4.43 Å². The Morgan fingerprint density at radius 3 is 1.80 bits per heavy atom. The zero-order valence-electron chi connectivity index (χ0n) is 2.66. The maximum Gasteiger partial charge on any atom is 0.662 e.